The molecule has 0 aliphatic carbocycles. The van der Waals surface area contributed by atoms with Crippen molar-refractivity contribution in [3.8, 4) is 11.5 Å². The summed E-state index contributed by atoms with van der Waals surface area (Å²) in [6.07, 6.45) is -1.25. The van der Waals surface area contributed by atoms with Crippen molar-refractivity contribution >= 4 is 12.6 Å². The van der Waals surface area contributed by atoms with E-state index in [9.17, 15) is 22.8 Å². The van der Waals surface area contributed by atoms with Crippen LogP contribution in [0.3, 0.4) is 0 Å². The lowest BCUT2D eigenvalue weighted by Gasteiger charge is -2.32. The predicted octanol–water partition coefficient (Wildman–Crippen LogP) is 4.86. The molecule has 0 N–H and O–H groups in total. The van der Waals surface area contributed by atoms with Crippen LogP contribution in [-0.2, 0) is 0 Å². The second-order valence-electron chi connectivity index (χ2n) is 7.40. The van der Waals surface area contributed by atoms with Gasteiger partial charge in [-0.1, -0.05) is 30.3 Å². The summed E-state index contributed by atoms with van der Waals surface area (Å²) in [7, 11) is 0. The summed E-state index contributed by atoms with van der Waals surface area (Å²) in [4.78, 5) is 24.5. The number of benzene rings is 2. The largest absolute Gasteiger partial charge is 0.573 e. The smallest absolute Gasteiger partial charge is 0.493 e. The van der Waals surface area contributed by atoms with Crippen LogP contribution in [0.25, 0.3) is 0 Å². The van der Waals surface area contributed by atoms with Crippen LogP contribution in [0, 0.1) is 0 Å². The molecule has 0 atom stereocenters. The number of halogens is 3. The molecule has 0 saturated carbocycles. The number of ether oxygens (including phenoxy) is 2. The zero-order valence-electron chi connectivity index (χ0n) is 16.9. The Labute approximate surface area is 178 Å². The van der Waals surface area contributed by atoms with Crippen molar-refractivity contribution in [2.45, 2.75) is 31.5 Å². The van der Waals surface area contributed by atoms with E-state index in [1.165, 1.54) is 6.07 Å². The lowest BCUT2D eigenvalue weighted by Crippen LogP contribution is -2.34. The molecule has 0 bridgehead atoms. The minimum Gasteiger partial charge on any atom is -0.493 e. The Bertz CT molecular complexity index is 893. The Morgan fingerprint density at radius 3 is 2.35 bits per heavy atom. The molecule has 0 radical (unpaired) electrons. The maximum Gasteiger partial charge on any atom is 0.573 e. The Hall–Kier alpha value is -2.87. The van der Waals surface area contributed by atoms with E-state index in [4.69, 9.17) is 4.74 Å². The number of carbonyl (C=O) groups excluding carboxylic acids is 2. The Kier molecular flexibility index (Phi) is 7.68. The summed E-state index contributed by atoms with van der Waals surface area (Å²) in [5.41, 5.74) is 1.14. The number of likely N-dealkylation sites (tertiary alicyclic amines) is 1. The second-order valence-corrected chi connectivity index (χ2v) is 7.40. The van der Waals surface area contributed by atoms with Crippen LogP contribution in [0.5, 0.6) is 11.5 Å². The number of piperidine rings is 1. The molecule has 0 spiro atoms. The number of hydrogen-bond donors (Lipinski definition) is 0. The van der Waals surface area contributed by atoms with E-state index in [1.807, 2.05) is 0 Å². The molecule has 2 aromatic carbocycles. The summed E-state index contributed by atoms with van der Waals surface area (Å²) >= 11 is 0. The molecule has 5 nitrogen and oxygen atoms in total. The number of hydrogen-bond acceptors (Lipinski definition) is 5. The van der Waals surface area contributed by atoms with Gasteiger partial charge in [0.05, 0.1) is 12.2 Å². The molecule has 1 aliphatic rings. The minimum atomic E-state index is -4.70. The quantitative estimate of drug-likeness (QED) is 0.416. The van der Waals surface area contributed by atoms with E-state index in [0.717, 1.165) is 38.9 Å². The van der Waals surface area contributed by atoms with E-state index in [1.54, 1.807) is 36.4 Å². The zero-order chi connectivity index (χ0) is 22.3. The predicted molar refractivity (Wildman–Crippen MR) is 109 cm³/mol. The summed E-state index contributed by atoms with van der Waals surface area (Å²) in [5.74, 6) is 0.289. The van der Waals surface area contributed by atoms with Gasteiger partial charge in [-0.25, -0.2) is 0 Å². The monoisotopic (exact) mass is 435 g/mol. The Morgan fingerprint density at radius 2 is 1.68 bits per heavy atom. The first kappa shape index (κ1) is 22.8. The average molecular weight is 435 g/mol. The molecule has 1 aliphatic heterocycles. The van der Waals surface area contributed by atoms with E-state index in [-0.39, 0.29) is 17.2 Å². The van der Waals surface area contributed by atoms with Gasteiger partial charge in [0.25, 0.3) is 0 Å². The number of aldehydes is 2. The molecule has 0 unspecified atom stereocenters. The highest BCUT2D eigenvalue weighted by atomic mass is 19.4. The van der Waals surface area contributed by atoms with Crippen LogP contribution >= 0.6 is 0 Å². The second kappa shape index (κ2) is 10.4. The number of rotatable bonds is 9. The maximum atomic E-state index is 12.7. The van der Waals surface area contributed by atoms with Crippen molar-refractivity contribution in [1.82, 2.24) is 4.90 Å². The average Bonchev–Trinajstić information content (AvgIpc) is 2.76. The molecule has 8 heteroatoms. The van der Waals surface area contributed by atoms with Crippen molar-refractivity contribution in [1.29, 1.82) is 0 Å². The third kappa shape index (κ3) is 6.30. The van der Waals surface area contributed by atoms with Gasteiger partial charge in [0, 0.05) is 12.1 Å². The maximum absolute atomic E-state index is 12.7. The van der Waals surface area contributed by atoms with Gasteiger partial charge in [0.1, 0.15) is 11.5 Å². The number of para-hydroxylation sites is 1. The van der Waals surface area contributed by atoms with E-state index < -0.39 is 6.36 Å². The number of carbonyl (C=O) groups is 2. The van der Waals surface area contributed by atoms with E-state index in [2.05, 4.69) is 9.64 Å². The summed E-state index contributed by atoms with van der Waals surface area (Å²) < 4.78 is 47.8. The first-order valence-electron chi connectivity index (χ1n) is 10.1. The van der Waals surface area contributed by atoms with Crippen molar-refractivity contribution in [2.24, 2.45) is 0 Å². The third-order valence-electron chi connectivity index (χ3n) is 5.39. The molecule has 1 saturated heterocycles. The Morgan fingerprint density at radius 1 is 0.968 bits per heavy atom. The van der Waals surface area contributed by atoms with Crippen LogP contribution < -0.4 is 9.47 Å². The Balaban J connectivity index is 1.47. The van der Waals surface area contributed by atoms with Crippen molar-refractivity contribution in [2.75, 3.05) is 26.2 Å². The van der Waals surface area contributed by atoms with Gasteiger partial charge >= 0.3 is 6.36 Å². The highest BCUT2D eigenvalue weighted by Crippen LogP contribution is 2.36. The van der Waals surface area contributed by atoms with Crippen LogP contribution in [0.1, 0.15) is 51.5 Å². The topological polar surface area (TPSA) is 55.8 Å². The zero-order valence-corrected chi connectivity index (χ0v) is 16.9. The van der Waals surface area contributed by atoms with E-state index >= 15 is 0 Å². The molecule has 3 rings (SSSR count). The fourth-order valence-electron chi connectivity index (χ4n) is 3.89. The summed E-state index contributed by atoms with van der Waals surface area (Å²) in [6, 6.07) is 11.2. The molecule has 166 valence electrons. The number of nitrogens with zero attached hydrogens (tertiary/aromatic N) is 1. The van der Waals surface area contributed by atoms with Gasteiger partial charge in [0.15, 0.2) is 12.6 Å². The van der Waals surface area contributed by atoms with E-state index in [0.29, 0.717) is 36.1 Å². The molecule has 0 aromatic heterocycles. The third-order valence-corrected chi connectivity index (χ3v) is 5.39. The van der Waals surface area contributed by atoms with Crippen molar-refractivity contribution < 1.29 is 32.2 Å². The summed E-state index contributed by atoms with van der Waals surface area (Å²) in [6.45, 7) is 2.71. The molecular weight excluding hydrogens is 411 g/mol. The SMILES string of the molecule is O=Cc1cccc(OCCCN2CCC(c3ccccc3OC(F)(F)F)CC2)c1C=O. The molecule has 2 aromatic rings. The van der Waals surface area contributed by atoms with Gasteiger partial charge in [-0.3, -0.25) is 9.59 Å². The lowest BCUT2D eigenvalue weighted by atomic mass is 9.89. The van der Waals surface area contributed by atoms with Gasteiger partial charge in [-0.05, 0) is 56.0 Å². The molecule has 1 heterocycles. The van der Waals surface area contributed by atoms with Gasteiger partial charge in [-0.2, -0.15) is 0 Å². The first-order valence-corrected chi connectivity index (χ1v) is 10.1. The first-order chi connectivity index (χ1) is 14.9. The standard InChI is InChI=1S/C23H24F3NO4/c24-23(25,26)31-22-7-2-1-6-19(22)17-9-12-27(13-10-17)11-4-14-30-21-8-3-5-18(15-28)20(21)16-29/h1-3,5-8,15-17H,4,9-14H2. The highest BCUT2D eigenvalue weighted by Gasteiger charge is 2.33. The van der Waals surface area contributed by atoms with Crippen LogP contribution in [0.2, 0.25) is 0 Å². The normalized spacial score (nSPS) is 15.5. The van der Waals surface area contributed by atoms with Gasteiger partial charge in [0.2, 0.25) is 0 Å². The van der Waals surface area contributed by atoms with Crippen molar-refractivity contribution in [3.63, 3.8) is 0 Å². The van der Waals surface area contributed by atoms with Crippen molar-refractivity contribution in [3.05, 3.63) is 59.2 Å². The summed E-state index contributed by atoms with van der Waals surface area (Å²) in [5, 5.41) is 0. The van der Waals surface area contributed by atoms with Gasteiger partial charge < -0.3 is 14.4 Å². The van der Waals surface area contributed by atoms with Crippen LogP contribution in [0.15, 0.2) is 42.5 Å². The fourth-order valence-corrected chi connectivity index (χ4v) is 3.89. The molecular formula is C23H24F3NO4. The molecule has 1 fully saturated rings. The fraction of sp³-hybridized carbons (Fsp3) is 0.391. The van der Waals surface area contributed by atoms with Gasteiger partial charge in [-0.15, -0.1) is 13.2 Å². The van der Waals surface area contributed by atoms with Crippen LogP contribution in [0.4, 0.5) is 13.2 Å². The number of alkyl halides is 3. The minimum absolute atomic E-state index is 0.0206. The van der Waals surface area contributed by atoms with Crippen LogP contribution in [-0.4, -0.2) is 50.1 Å². The molecule has 31 heavy (non-hydrogen) atoms. The lowest BCUT2D eigenvalue weighted by molar-refractivity contribution is -0.275. The molecule has 0 amide bonds. The highest BCUT2D eigenvalue weighted by molar-refractivity contribution is 5.92.